The number of carboxylic acids is 1. The van der Waals surface area contributed by atoms with Crippen molar-refractivity contribution >= 4 is 22.9 Å². The lowest BCUT2D eigenvalue weighted by Gasteiger charge is -2.19. The van der Waals surface area contributed by atoms with Crippen LogP contribution in [-0.4, -0.2) is 26.5 Å². The topological polar surface area (TPSA) is 98.2 Å². The number of nitrogens with two attached hydrogens (primary N) is 1. The van der Waals surface area contributed by atoms with Crippen LogP contribution in [0.1, 0.15) is 37.0 Å². The number of carbonyl (C=O) groups is 2. The van der Waals surface area contributed by atoms with Gasteiger partial charge < -0.3 is 15.4 Å². The molecule has 2 aromatic rings. The van der Waals surface area contributed by atoms with E-state index >= 15 is 0 Å². The van der Waals surface area contributed by atoms with E-state index in [4.69, 9.17) is 10.8 Å². The molecule has 20 heavy (non-hydrogen) atoms. The van der Waals surface area contributed by atoms with E-state index in [9.17, 15) is 9.59 Å². The summed E-state index contributed by atoms with van der Waals surface area (Å²) in [6, 6.07) is 4.66. The largest absolute Gasteiger partial charge is 0.478 e. The minimum atomic E-state index is -1.01. The molecule has 0 saturated heterocycles. The molecular formula is C14H17N3O3. The maximum absolute atomic E-state index is 11.2. The first-order chi connectivity index (χ1) is 9.20. The second-order valence-electron chi connectivity index (χ2n) is 5.75. The van der Waals surface area contributed by atoms with Gasteiger partial charge in [-0.2, -0.15) is 0 Å². The summed E-state index contributed by atoms with van der Waals surface area (Å²) in [6.07, 6.45) is 0. The summed E-state index contributed by atoms with van der Waals surface area (Å²) >= 11 is 0. The summed E-state index contributed by atoms with van der Waals surface area (Å²) in [6.45, 7) is 5.95. The SMILES string of the molecule is CC(C)(C)c1nc2cc(C(=O)O)ccc2n1CC(N)=O. The van der Waals surface area contributed by atoms with E-state index in [0.29, 0.717) is 16.9 Å². The summed E-state index contributed by atoms with van der Waals surface area (Å²) < 4.78 is 1.74. The predicted octanol–water partition coefficient (Wildman–Crippen LogP) is 1.52. The van der Waals surface area contributed by atoms with Crippen LogP contribution in [0.3, 0.4) is 0 Å². The van der Waals surface area contributed by atoms with Crippen LogP contribution in [0.5, 0.6) is 0 Å². The number of primary amides is 1. The lowest BCUT2D eigenvalue weighted by Crippen LogP contribution is -2.25. The van der Waals surface area contributed by atoms with Crippen LogP contribution < -0.4 is 5.73 Å². The standard InChI is InChI=1S/C14H17N3O3/c1-14(2,3)13-16-9-6-8(12(19)20)4-5-10(9)17(13)7-11(15)18/h4-6H,7H2,1-3H3,(H2,15,18)(H,19,20). The van der Waals surface area contributed by atoms with Gasteiger partial charge in [-0.1, -0.05) is 20.8 Å². The van der Waals surface area contributed by atoms with Gasteiger partial charge in [-0.3, -0.25) is 4.79 Å². The lowest BCUT2D eigenvalue weighted by molar-refractivity contribution is -0.118. The van der Waals surface area contributed by atoms with Gasteiger partial charge in [-0.05, 0) is 18.2 Å². The summed E-state index contributed by atoms with van der Waals surface area (Å²) in [4.78, 5) is 26.7. The predicted molar refractivity (Wildman–Crippen MR) is 74.6 cm³/mol. The fourth-order valence-electron chi connectivity index (χ4n) is 2.15. The third-order valence-electron chi connectivity index (χ3n) is 2.98. The summed E-state index contributed by atoms with van der Waals surface area (Å²) in [7, 11) is 0. The highest BCUT2D eigenvalue weighted by Crippen LogP contribution is 2.26. The second-order valence-corrected chi connectivity index (χ2v) is 5.75. The van der Waals surface area contributed by atoms with Crippen LogP contribution in [0.15, 0.2) is 18.2 Å². The van der Waals surface area contributed by atoms with Crippen LogP contribution in [0.2, 0.25) is 0 Å². The molecule has 0 aliphatic carbocycles. The van der Waals surface area contributed by atoms with Gasteiger partial charge >= 0.3 is 5.97 Å². The van der Waals surface area contributed by atoms with Gasteiger partial charge in [-0.25, -0.2) is 9.78 Å². The zero-order chi connectivity index (χ0) is 15.1. The Morgan fingerprint density at radius 1 is 1.35 bits per heavy atom. The molecule has 0 aliphatic rings. The molecule has 0 radical (unpaired) electrons. The van der Waals surface area contributed by atoms with E-state index in [0.717, 1.165) is 0 Å². The van der Waals surface area contributed by atoms with Gasteiger partial charge in [0.15, 0.2) is 0 Å². The number of hydrogen-bond donors (Lipinski definition) is 2. The molecule has 106 valence electrons. The van der Waals surface area contributed by atoms with E-state index in [1.165, 1.54) is 12.1 Å². The maximum atomic E-state index is 11.2. The Bertz CT molecular complexity index is 695. The number of aromatic nitrogens is 2. The van der Waals surface area contributed by atoms with Gasteiger partial charge in [0.25, 0.3) is 0 Å². The first-order valence-electron chi connectivity index (χ1n) is 6.22. The zero-order valence-corrected chi connectivity index (χ0v) is 11.7. The average Bonchev–Trinajstić information content (AvgIpc) is 2.66. The molecule has 0 atom stereocenters. The molecule has 0 saturated carbocycles. The Kier molecular flexibility index (Phi) is 3.25. The molecule has 2 rings (SSSR count). The fourth-order valence-corrected chi connectivity index (χ4v) is 2.15. The van der Waals surface area contributed by atoms with Crippen molar-refractivity contribution in [1.29, 1.82) is 0 Å². The quantitative estimate of drug-likeness (QED) is 0.887. The van der Waals surface area contributed by atoms with Crippen molar-refractivity contribution in [3.05, 3.63) is 29.6 Å². The van der Waals surface area contributed by atoms with Crippen molar-refractivity contribution in [2.24, 2.45) is 5.73 Å². The van der Waals surface area contributed by atoms with Crippen LogP contribution >= 0.6 is 0 Å². The number of carboxylic acid groups (broad SMARTS) is 1. The van der Waals surface area contributed by atoms with E-state index in [1.54, 1.807) is 10.6 Å². The summed E-state index contributed by atoms with van der Waals surface area (Å²) in [5.74, 6) is -0.764. The summed E-state index contributed by atoms with van der Waals surface area (Å²) in [5, 5.41) is 9.02. The third kappa shape index (κ3) is 2.49. The molecule has 1 heterocycles. The number of aromatic carboxylic acids is 1. The molecule has 1 amide bonds. The van der Waals surface area contributed by atoms with E-state index in [1.807, 2.05) is 20.8 Å². The maximum Gasteiger partial charge on any atom is 0.335 e. The molecule has 0 aliphatic heterocycles. The number of carbonyl (C=O) groups excluding carboxylic acids is 1. The van der Waals surface area contributed by atoms with Crippen LogP contribution in [0.4, 0.5) is 0 Å². The van der Waals surface area contributed by atoms with Crippen molar-refractivity contribution in [3.8, 4) is 0 Å². The number of nitrogens with zero attached hydrogens (tertiary/aromatic N) is 2. The fraction of sp³-hybridized carbons (Fsp3) is 0.357. The van der Waals surface area contributed by atoms with Gasteiger partial charge in [0, 0.05) is 5.41 Å². The molecular weight excluding hydrogens is 258 g/mol. The number of fused-ring (bicyclic) bond motifs is 1. The van der Waals surface area contributed by atoms with Crippen molar-refractivity contribution in [2.75, 3.05) is 0 Å². The Hall–Kier alpha value is -2.37. The average molecular weight is 275 g/mol. The Labute approximate surface area is 116 Å². The van der Waals surface area contributed by atoms with E-state index in [-0.39, 0.29) is 17.5 Å². The molecule has 3 N–H and O–H groups in total. The first kappa shape index (κ1) is 14.0. The van der Waals surface area contributed by atoms with Crippen LogP contribution in [-0.2, 0) is 16.8 Å². The highest BCUT2D eigenvalue weighted by molar-refractivity contribution is 5.92. The van der Waals surface area contributed by atoms with Crippen LogP contribution in [0, 0.1) is 0 Å². The number of hydrogen-bond acceptors (Lipinski definition) is 3. The number of rotatable bonds is 3. The normalized spacial score (nSPS) is 11.8. The first-order valence-corrected chi connectivity index (χ1v) is 6.22. The molecule has 0 spiro atoms. The molecule has 6 nitrogen and oxygen atoms in total. The van der Waals surface area contributed by atoms with Gasteiger partial charge in [-0.15, -0.1) is 0 Å². The second kappa shape index (κ2) is 4.63. The van der Waals surface area contributed by atoms with Crippen LogP contribution in [0.25, 0.3) is 11.0 Å². The zero-order valence-electron chi connectivity index (χ0n) is 11.7. The highest BCUT2D eigenvalue weighted by Gasteiger charge is 2.24. The Balaban J connectivity index is 2.71. The van der Waals surface area contributed by atoms with Crippen molar-refractivity contribution < 1.29 is 14.7 Å². The van der Waals surface area contributed by atoms with Crippen molar-refractivity contribution in [2.45, 2.75) is 32.7 Å². The van der Waals surface area contributed by atoms with Gasteiger partial charge in [0.2, 0.25) is 5.91 Å². The minimum Gasteiger partial charge on any atom is -0.478 e. The third-order valence-corrected chi connectivity index (χ3v) is 2.98. The Morgan fingerprint density at radius 3 is 2.50 bits per heavy atom. The number of benzene rings is 1. The molecule has 0 bridgehead atoms. The molecule has 0 fully saturated rings. The van der Waals surface area contributed by atoms with E-state index in [2.05, 4.69) is 4.98 Å². The number of imidazole rings is 1. The summed E-state index contributed by atoms with van der Waals surface area (Å²) in [5.41, 5.74) is 6.43. The van der Waals surface area contributed by atoms with Gasteiger partial charge in [0.05, 0.1) is 16.6 Å². The van der Waals surface area contributed by atoms with Gasteiger partial charge in [0.1, 0.15) is 12.4 Å². The van der Waals surface area contributed by atoms with Crippen molar-refractivity contribution in [3.63, 3.8) is 0 Å². The highest BCUT2D eigenvalue weighted by atomic mass is 16.4. The lowest BCUT2D eigenvalue weighted by atomic mass is 9.95. The number of amides is 1. The van der Waals surface area contributed by atoms with E-state index < -0.39 is 11.9 Å². The molecule has 1 aromatic heterocycles. The smallest absolute Gasteiger partial charge is 0.335 e. The molecule has 0 unspecified atom stereocenters. The molecule has 1 aromatic carbocycles. The molecule has 6 heteroatoms. The minimum absolute atomic E-state index is 0.0233. The Morgan fingerprint density at radius 2 is 2.00 bits per heavy atom. The monoisotopic (exact) mass is 275 g/mol. The van der Waals surface area contributed by atoms with Crippen molar-refractivity contribution in [1.82, 2.24) is 9.55 Å².